The Labute approximate surface area is 136 Å². The Hall–Kier alpha value is -1.55. The van der Waals surface area contributed by atoms with Gasteiger partial charge in [-0.15, -0.1) is 6.58 Å². The van der Waals surface area contributed by atoms with Crippen LogP contribution in [0.25, 0.3) is 0 Å². The topological polar surface area (TPSA) is 23.8 Å². The van der Waals surface area contributed by atoms with Crippen LogP contribution in [0.4, 0.5) is 0 Å². The SMILES string of the molecule is C=CCCC1CCC(CCc2ccc(C(C)C#N)cc2)CC1. The third-order valence-corrected chi connectivity index (χ3v) is 5.26. The average molecular weight is 295 g/mol. The largest absolute Gasteiger partial charge is 0.198 e. The zero-order valence-electron chi connectivity index (χ0n) is 13.9. The van der Waals surface area contributed by atoms with Crippen LogP contribution >= 0.6 is 0 Å². The van der Waals surface area contributed by atoms with E-state index in [1.807, 2.05) is 6.92 Å². The molecule has 1 unspecified atom stereocenters. The van der Waals surface area contributed by atoms with Crippen molar-refractivity contribution < 1.29 is 0 Å². The van der Waals surface area contributed by atoms with Gasteiger partial charge in [-0.3, -0.25) is 0 Å². The molecule has 0 heterocycles. The van der Waals surface area contributed by atoms with E-state index in [2.05, 4.69) is 43.0 Å². The highest BCUT2D eigenvalue weighted by molar-refractivity contribution is 5.28. The highest BCUT2D eigenvalue weighted by Crippen LogP contribution is 2.34. The van der Waals surface area contributed by atoms with Gasteiger partial charge in [-0.05, 0) is 55.6 Å². The Morgan fingerprint density at radius 1 is 1.14 bits per heavy atom. The molecule has 0 N–H and O–H groups in total. The summed E-state index contributed by atoms with van der Waals surface area (Å²) in [6.07, 6.45) is 12.7. The molecular formula is C21H29N. The summed E-state index contributed by atoms with van der Waals surface area (Å²) in [6.45, 7) is 5.79. The molecule has 22 heavy (non-hydrogen) atoms. The fraction of sp³-hybridized carbons (Fsp3) is 0.571. The van der Waals surface area contributed by atoms with Crippen LogP contribution in [-0.2, 0) is 6.42 Å². The van der Waals surface area contributed by atoms with Crippen molar-refractivity contribution in [1.29, 1.82) is 5.26 Å². The smallest absolute Gasteiger partial charge is 0.0700 e. The molecule has 0 aliphatic heterocycles. The molecule has 1 fully saturated rings. The molecule has 0 spiro atoms. The number of benzene rings is 1. The Morgan fingerprint density at radius 3 is 2.27 bits per heavy atom. The highest BCUT2D eigenvalue weighted by Gasteiger charge is 2.20. The van der Waals surface area contributed by atoms with Crippen LogP contribution in [0.2, 0.25) is 0 Å². The van der Waals surface area contributed by atoms with E-state index in [1.165, 1.54) is 56.9 Å². The summed E-state index contributed by atoms with van der Waals surface area (Å²) in [7, 11) is 0. The van der Waals surface area contributed by atoms with E-state index in [9.17, 15) is 0 Å². The summed E-state index contributed by atoms with van der Waals surface area (Å²) in [6, 6.07) is 11.0. The van der Waals surface area contributed by atoms with Gasteiger partial charge >= 0.3 is 0 Å². The van der Waals surface area contributed by atoms with Gasteiger partial charge in [0.05, 0.1) is 12.0 Å². The van der Waals surface area contributed by atoms with Gasteiger partial charge in [0.15, 0.2) is 0 Å². The zero-order chi connectivity index (χ0) is 15.8. The van der Waals surface area contributed by atoms with Crippen molar-refractivity contribution in [3.63, 3.8) is 0 Å². The van der Waals surface area contributed by atoms with Crippen molar-refractivity contribution in [1.82, 2.24) is 0 Å². The van der Waals surface area contributed by atoms with Crippen molar-refractivity contribution in [3.05, 3.63) is 48.0 Å². The van der Waals surface area contributed by atoms with E-state index >= 15 is 0 Å². The van der Waals surface area contributed by atoms with E-state index in [-0.39, 0.29) is 5.92 Å². The molecule has 0 radical (unpaired) electrons. The average Bonchev–Trinajstić information content (AvgIpc) is 2.58. The van der Waals surface area contributed by atoms with Gasteiger partial charge in [-0.2, -0.15) is 5.26 Å². The lowest BCUT2D eigenvalue weighted by Crippen LogP contribution is -2.15. The molecule has 1 nitrogen and oxygen atoms in total. The van der Waals surface area contributed by atoms with Gasteiger partial charge in [0, 0.05) is 0 Å². The Kier molecular flexibility index (Phi) is 6.72. The predicted molar refractivity (Wildman–Crippen MR) is 93.7 cm³/mol. The number of allylic oxidation sites excluding steroid dienone is 1. The minimum atomic E-state index is -0.0000986. The van der Waals surface area contributed by atoms with Gasteiger partial charge < -0.3 is 0 Å². The second kappa shape index (κ2) is 8.79. The molecule has 1 heteroatoms. The molecule has 1 aromatic carbocycles. The second-order valence-electron chi connectivity index (χ2n) is 6.88. The number of hydrogen-bond donors (Lipinski definition) is 0. The zero-order valence-corrected chi connectivity index (χ0v) is 13.9. The first-order chi connectivity index (χ1) is 10.7. The molecule has 1 aromatic rings. The lowest BCUT2D eigenvalue weighted by Gasteiger charge is -2.28. The second-order valence-corrected chi connectivity index (χ2v) is 6.88. The van der Waals surface area contributed by atoms with Gasteiger partial charge in [-0.1, -0.05) is 56.0 Å². The molecule has 2 rings (SSSR count). The Morgan fingerprint density at radius 2 is 1.73 bits per heavy atom. The number of nitrogens with zero attached hydrogens (tertiary/aromatic N) is 1. The molecule has 0 saturated heterocycles. The number of rotatable bonds is 7. The maximum absolute atomic E-state index is 8.95. The van der Waals surface area contributed by atoms with E-state index in [1.54, 1.807) is 0 Å². The van der Waals surface area contributed by atoms with E-state index < -0.39 is 0 Å². The van der Waals surface area contributed by atoms with Gasteiger partial charge in [0.2, 0.25) is 0 Å². The van der Waals surface area contributed by atoms with Crippen molar-refractivity contribution in [2.45, 2.75) is 64.2 Å². The first-order valence-electron chi connectivity index (χ1n) is 8.82. The van der Waals surface area contributed by atoms with Crippen molar-refractivity contribution in [2.75, 3.05) is 0 Å². The first-order valence-corrected chi connectivity index (χ1v) is 8.82. The van der Waals surface area contributed by atoms with Crippen molar-refractivity contribution in [3.8, 4) is 6.07 Å². The van der Waals surface area contributed by atoms with Gasteiger partial charge in [0.1, 0.15) is 0 Å². The first kappa shape index (κ1) is 16.8. The summed E-state index contributed by atoms with van der Waals surface area (Å²) in [5.74, 6) is 1.86. The number of hydrogen-bond acceptors (Lipinski definition) is 1. The molecule has 1 aliphatic rings. The molecule has 1 aliphatic carbocycles. The van der Waals surface area contributed by atoms with Crippen LogP contribution in [0.15, 0.2) is 36.9 Å². The van der Waals surface area contributed by atoms with Gasteiger partial charge in [0.25, 0.3) is 0 Å². The third kappa shape index (κ3) is 5.02. The van der Waals surface area contributed by atoms with Crippen LogP contribution in [0, 0.1) is 23.2 Å². The third-order valence-electron chi connectivity index (χ3n) is 5.26. The highest BCUT2D eigenvalue weighted by atomic mass is 14.3. The minimum Gasteiger partial charge on any atom is -0.198 e. The summed E-state index contributed by atoms with van der Waals surface area (Å²) in [4.78, 5) is 0. The van der Waals surface area contributed by atoms with E-state index in [0.717, 1.165) is 17.4 Å². The molecule has 1 saturated carbocycles. The molecule has 0 bridgehead atoms. The number of nitriles is 1. The lowest BCUT2D eigenvalue weighted by atomic mass is 9.78. The molecule has 0 aromatic heterocycles. The summed E-state index contributed by atoms with van der Waals surface area (Å²) < 4.78 is 0. The number of aryl methyl sites for hydroxylation is 1. The Balaban J connectivity index is 1.73. The standard InChI is InChI=1S/C21H29N/c1-3-4-5-18-6-8-19(9-7-18)10-11-20-12-14-21(15-13-20)17(2)16-22/h3,12-15,17-19H,1,4-11H2,2H3. The molecule has 0 amide bonds. The molecule has 118 valence electrons. The normalized spacial score (nSPS) is 22.7. The predicted octanol–water partition coefficient (Wildman–Crippen LogP) is 6.02. The van der Waals surface area contributed by atoms with Gasteiger partial charge in [-0.25, -0.2) is 0 Å². The van der Waals surface area contributed by atoms with Crippen LogP contribution in [0.5, 0.6) is 0 Å². The summed E-state index contributed by atoms with van der Waals surface area (Å²) >= 11 is 0. The summed E-state index contributed by atoms with van der Waals surface area (Å²) in [5.41, 5.74) is 2.55. The van der Waals surface area contributed by atoms with Crippen molar-refractivity contribution in [2.24, 2.45) is 11.8 Å². The van der Waals surface area contributed by atoms with Crippen LogP contribution in [-0.4, -0.2) is 0 Å². The fourth-order valence-corrected chi connectivity index (χ4v) is 3.58. The van der Waals surface area contributed by atoms with E-state index in [4.69, 9.17) is 5.26 Å². The van der Waals surface area contributed by atoms with Crippen molar-refractivity contribution >= 4 is 0 Å². The quantitative estimate of drug-likeness (QED) is 0.564. The maximum atomic E-state index is 8.95. The fourth-order valence-electron chi connectivity index (χ4n) is 3.58. The van der Waals surface area contributed by atoms with E-state index in [0.29, 0.717) is 0 Å². The van der Waals surface area contributed by atoms with Crippen LogP contribution < -0.4 is 0 Å². The minimum absolute atomic E-state index is 0.0000986. The van der Waals surface area contributed by atoms with Crippen LogP contribution in [0.1, 0.15) is 68.9 Å². The van der Waals surface area contributed by atoms with Crippen LogP contribution in [0.3, 0.4) is 0 Å². The maximum Gasteiger partial charge on any atom is 0.0700 e. The molecular weight excluding hydrogens is 266 g/mol. The summed E-state index contributed by atoms with van der Waals surface area (Å²) in [5, 5.41) is 8.95. The Bertz CT molecular complexity index is 486. The lowest BCUT2D eigenvalue weighted by molar-refractivity contribution is 0.254. The monoisotopic (exact) mass is 295 g/mol. The molecule has 1 atom stereocenters.